The van der Waals surface area contributed by atoms with Crippen LogP contribution in [0.5, 0.6) is 0 Å². The zero-order valence-electron chi connectivity index (χ0n) is 49.2. The van der Waals surface area contributed by atoms with Crippen molar-refractivity contribution >= 4 is 115 Å². The van der Waals surface area contributed by atoms with Crippen LogP contribution in [0, 0.1) is 24.7 Å². The molecular weight excluding hydrogens is 1250 g/mol. The number of hydrogen-bond acceptors (Lipinski definition) is 23. The first-order valence-corrected chi connectivity index (χ1v) is 34.1. The summed E-state index contributed by atoms with van der Waals surface area (Å²) in [7, 11) is 2.97. The number of fused-ring (bicyclic) bond motifs is 14. The van der Waals surface area contributed by atoms with Crippen molar-refractivity contribution < 1.29 is 43.4 Å². The van der Waals surface area contributed by atoms with E-state index in [4.69, 9.17) is 45.4 Å². The number of nitrogens with zero attached hydrogens (tertiary/aromatic N) is 7. The van der Waals surface area contributed by atoms with Gasteiger partial charge in [-0.3, -0.25) is 33.6 Å². The number of nitrogens with one attached hydrogen (secondary N) is 6. The minimum absolute atomic E-state index is 0.0142. The molecule has 1 aliphatic carbocycles. The normalized spacial score (nSPS) is 18.8. The number of hydrogen-bond donors (Lipinski definition) is 8. The molecule has 89 heavy (non-hydrogen) atoms. The maximum absolute atomic E-state index is 14.4. The van der Waals surface area contributed by atoms with Gasteiger partial charge >= 0.3 is 0 Å². The molecule has 10 bridgehead atoms. The summed E-state index contributed by atoms with van der Waals surface area (Å²) < 4.78 is 5.48. The summed E-state index contributed by atoms with van der Waals surface area (Å²) in [5, 5.41) is 38.6. The minimum atomic E-state index is -1.27. The summed E-state index contributed by atoms with van der Waals surface area (Å²) in [6, 6.07) is 10.4. The molecule has 0 spiro atoms. The Morgan fingerprint density at radius 1 is 0.719 bits per heavy atom. The molecule has 1 aromatic carbocycles. The third kappa shape index (κ3) is 15.4. The summed E-state index contributed by atoms with van der Waals surface area (Å²) in [6.07, 6.45) is 2.51. The lowest BCUT2D eigenvalue weighted by atomic mass is 9.81. The Morgan fingerprint density at radius 3 is 2.16 bits per heavy atom. The second-order valence-electron chi connectivity index (χ2n) is 21.8. The van der Waals surface area contributed by atoms with Crippen LogP contribution in [0.2, 0.25) is 0 Å². The standard InChI is InChI=1S/C60H66N14O9S6/c1-29(2)35-21-41(75)46-30(3)88-59(73-46)37(22-44(76)62-4)66-53(81)39-26-84-55(68-39)34-17-18-36(57-71-43(28-87-57)70-52(80)33-15-13-32(14-16-33)51(79)63-20-10-9-19-61)65-47(34)38-25-85-58(67-38)40-27-86-60(69-40)49(50(78)31-11-7-6-8-12-31)72-45(77)23-64-54(82)48-42(24-83-5)89-56(35)74-48/h6-8,11-12,17-18,25-29,32-33,35,37,49-50,78H,9-10,13-16,19-24,61H2,1-5H3,(H,62,76)(H,63,79)(H,64,82)(H,66,81)(H,70,80)(H,72,77)/t32?,33?,35-,37-,49-,50-/m0/s1. The monoisotopic (exact) mass is 1320 g/mol. The lowest BCUT2D eigenvalue weighted by Crippen LogP contribution is -2.40. The lowest BCUT2D eigenvalue weighted by molar-refractivity contribution is -0.128. The fourth-order valence-electron chi connectivity index (χ4n) is 10.4. The number of aryl methyl sites for hydroxylation is 1. The van der Waals surface area contributed by atoms with Gasteiger partial charge in [-0.1, -0.05) is 44.2 Å². The molecule has 23 nitrogen and oxygen atoms in total. The van der Waals surface area contributed by atoms with E-state index in [1.807, 2.05) is 31.4 Å². The Morgan fingerprint density at radius 2 is 1.42 bits per heavy atom. The van der Waals surface area contributed by atoms with E-state index in [0.717, 1.165) is 12.8 Å². The first kappa shape index (κ1) is 64.5. The number of methoxy groups -OCH3 is 1. The number of aliphatic hydroxyl groups is 1. The number of rotatable bonds is 15. The second-order valence-corrected chi connectivity index (χ2v) is 27.6. The molecule has 9 N–H and O–H groups in total. The van der Waals surface area contributed by atoms with Gasteiger partial charge in [0.1, 0.15) is 77.2 Å². The van der Waals surface area contributed by atoms with Crippen molar-refractivity contribution in [2.24, 2.45) is 23.5 Å². The van der Waals surface area contributed by atoms with Gasteiger partial charge in [0.15, 0.2) is 5.78 Å². The van der Waals surface area contributed by atoms with Crippen LogP contribution in [0.3, 0.4) is 0 Å². The molecule has 29 heteroatoms. The van der Waals surface area contributed by atoms with Crippen molar-refractivity contribution in [2.75, 3.05) is 39.1 Å². The van der Waals surface area contributed by atoms with Crippen LogP contribution in [0.15, 0.2) is 64.0 Å². The van der Waals surface area contributed by atoms with E-state index in [-0.39, 0.29) is 77.8 Å². The molecule has 1 aliphatic heterocycles. The number of carbonyl (C=O) groups excluding carboxylic acids is 7. The van der Waals surface area contributed by atoms with Crippen LogP contribution in [-0.4, -0.2) is 115 Å². The summed E-state index contributed by atoms with van der Waals surface area (Å²) in [4.78, 5) is 132. The van der Waals surface area contributed by atoms with Gasteiger partial charge in [-0.2, -0.15) is 0 Å². The molecule has 8 heterocycles. The van der Waals surface area contributed by atoms with Gasteiger partial charge in [-0.25, -0.2) is 34.9 Å². The molecule has 0 saturated heterocycles. The Kier molecular flexibility index (Phi) is 21.3. The number of benzene rings is 1. The van der Waals surface area contributed by atoms with Gasteiger partial charge in [-0.15, -0.1) is 68.0 Å². The fourth-order valence-corrected chi connectivity index (χ4v) is 15.9. The molecule has 0 radical (unpaired) electrons. The predicted molar refractivity (Wildman–Crippen MR) is 344 cm³/mol. The number of Topliss-reactive ketones (excluding diaryl/α,β-unsaturated/α-hetero) is 1. The molecule has 10 rings (SSSR count). The number of unbranched alkanes of at least 4 members (excludes halogenated alkanes) is 1. The number of carbonyl (C=O) groups is 7. The Hall–Kier alpha value is -7.48. The van der Waals surface area contributed by atoms with Crippen LogP contribution in [0.25, 0.3) is 43.4 Å². The van der Waals surface area contributed by atoms with Gasteiger partial charge in [-0.05, 0) is 75.6 Å². The van der Waals surface area contributed by atoms with E-state index in [1.54, 1.807) is 53.4 Å². The fraction of sp³-hybridized carbons (Fsp3) is 0.400. The van der Waals surface area contributed by atoms with E-state index in [2.05, 4.69) is 31.9 Å². The maximum Gasteiger partial charge on any atom is 0.271 e. The number of aliphatic hydroxyl groups excluding tert-OH is 1. The van der Waals surface area contributed by atoms with Gasteiger partial charge in [0.25, 0.3) is 11.8 Å². The Labute approximate surface area is 536 Å². The largest absolute Gasteiger partial charge is 0.386 e. The molecule has 466 valence electrons. The highest BCUT2D eigenvalue weighted by Crippen LogP contribution is 2.41. The van der Waals surface area contributed by atoms with Gasteiger partial charge in [0, 0.05) is 76.8 Å². The highest BCUT2D eigenvalue weighted by Gasteiger charge is 2.34. The van der Waals surface area contributed by atoms with Crippen LogP contribution in [0.1, 0.15) is 151 Å². The Balaban J connectivity index is 0.992. The number of pyridine rings is 1. The van der Waals surface area contributed by atoms with Crippen LogP contribution < -0.4 is 37.6 Å². The summed E-state index contributed by atoms with van der Waals surface area (Å²) >= 11 is 7.38. The topological polar surface area (TPSA) is 337 Å². The number of thiazole rings is 6. The number of aromatic nitrogens is 7. The van der Waals surface area contributed by atoms with Crippen LogP contribution in [-0.2, 0) is 30.5 Å². The first-order valence-electron chi connectivity index (χ1n) is 28.9. The molecule has 0 unspecified atom stereocenters. The van der Waals surface area contributed by atoms with Crippen molar-refractivity contribution in [3.05, 3.63) is 111 Å². The van der Waals surface area contributed by atoms with Crippen LogP contribution >= 0.6 is 68.0 Å². The number of nitrogens with two attached hydrogens (primary N) is 1. The second kappa shape index (κ2) is 29.4. The number of ketones is 1. The highest BCUT2D eigenvalue weighted by atomic mass is 32.1. The average molecular weight is 1320 g/mol. The molecule has 6 amide bonds. The lowest BCUT2D eigenvalue weighted by Gasteiger charge is -2.26. The summed E-state index contributed by atoms with van der Waals surface area (Å²) in [5.74, 6) is -3.38. The van der Waals surface area contributed by atoms with Gasteiger partial charge in [0.05, 0.1) is 41.2 Å². The molecule has 7 aromatic heterocycles. The third-order valence-corrected chi connectivity index (χ3v) is 21.0. The quantitative estimate of drug-likeness (QED) is 0.0444. The van der Waals surface area contributed by atoms with Crippen LogP contribution in [0.4, 0.5) is 5.82 Å². The molecule has 1 fully saturated rings. The van der Waals surface area contributed by atoms with Crippen molar-refractivity contribution in [1.82, 2.24) is 61.5 Å². The van der Waals surface area contributed by atoms with Crippen molar-refractivity contribution in [3.8, 4) is 43.4 Å². The average Bonchev–Trinajstić information content (AvgIpc) is 1.87. The van der Waals surface area contributed by atoms with E-state index in [1.165, 1.54) is 82.2 Å². The van der Waals surface area contributed by atoms with Crippen molar-refractivity contribution in [3.63, 3.8) is 0 Å². The van der Waals surface area contributed by atoms with Gasteiger partial charge < -0.3 is 47.5 Å². The van der Waals surface area contributed by atoms with Gasteiger partial charge in [0.2, 0.25) is 23.6 Å². The van der Waals surface area contributed by atoms with E-state index in [0.29, 0.717) is 118 Å². The molecule has 2 aliphatic rings. The number of ether oxygens (including phenoxy) is 1. The van der Waals surface area contributed by atoms with E-state index >= 15 is 0 Å². The molecule has 1 saturated carbocycles. The number of amides is 6. The predicted octanol–water partition coefficient (Wildman–Crippen LogP) is 8.80. The number of anilines is 1. The molecular formula is C60H66N14O9S6. The van der Waals surface area contributed by atoms with E-state index in [9.17, 15) is 38.7 Å². The smallest absolute Gasteiger partial charge is 0.271 e. The highest BCUT2D eigenvalue weighted by molar-refractivity contribution is 7.15. The Bertz CT molecular complexity index is 3860. The molecule has 8 aromatic rings. The molecule has 4 atom stereocenters. The zero-order chi connectivity index (χ0) is 62.9. The third-order valence-electron chi connectivity index (χ3n) is 15.3. The van der Waals surface area contributed by atoms with Crippen molar-refractivity contribution in [1.29, 1.82) is 0 Å². The van der Waals surface area contributed by atoms with E-state index < -0.39 is 48.4 Å². The van der Waals surface area contributed by atoms with Crippen molar-refractivity contribution in [2.45, 2.75) is 103 Å². The zero-order valence-corrected chi connectivity index (χ0v) is 54.1. The first-order chi connectivity index (χ1) is 43.0. The SMILES string of the molecule is CNC(=O)C[C@@H]1NC(=O)c2csc(n2)-c2ccc(-c3nc(NC(=O)C4CCC(C(=O)NCCCCN)CC4)cs3)nc2-c2csc(n2)-c2csc(n2)[C@H]([C@@H](O)c2ccccc2)NC(=O)CNC(=O)c2nc(sc2COC)[C@H](C(C)C)CC(=O)c2nc1sc2C. The summed E-state index contributed by atoms with van der Waals surface area (Å²) in [6.45, 7) is 6.34. The minimum Gasteiger partial charge on any atom is -0.386 e. The maximum atomic E-state index is 14.4. The summed E-state index contributed by atoms with van der Waals surface area (Å²) in [5.41, 5.74) is 8.59.